The van der Waals surface area contributed by atoms with Crippen LogP contribution in [0.25, 0.3) is 33.7 Å². The molecule has 0 saturated carbocycles. The Hall–Kier alpha value is -3.52. The van der Waals surface area contributed by atoms with Crippen LogP contribution in [-0.4, -0.2) is 5.79 Å². The predicted molar refractivity (Wildman–Crippen MR) is 110 cm³/mol. The zero-order chi connectivity index (χ0) is 17.8. The van der Waals surface area contributed by atoms with Crippen LogP contribution in [0, 0.1) is 0 Å². The highest BCUT2D eigenvalue weighted by atomic mass is 16.7. The minimum absolute atomic E-state index is 0.838. The number of hydrogen-bond donors (Lipinski definition) is 0. The lowest BCUT2D eigenvalue weighted by atomic mass is 9.97. The first-order chi connectivity index (χ1) is 13.3. The average Bonchev–Trinajstić information content (AvgIpc) is 2.73. The summed E-state index contributed by atoms with van der Waals surface area (Å²) in [5.74, 6) is 0.793. The van der Waals surface area contributed by atoms with Crippen LogP contribution in [-0.2, 0) is 0 Å². The molecule has 2 aliphatic rings. The topological polar surface area (TPSA) is 18.5 Å². The molecule has 0 N–H and O–H groups in total. The summed E-state index contributed by atoms with van der Waals surface area (Å²) in [7, 11) is 0. The molecule has 0 bridgehead atoms. The van der Waals surface area contributed by atoms with E-state index in [9.17, 15) is 0 Å². The van der Waals surface area contributed by atoms with Crippen molar-refractivity contribution in [3.8, 4) is 11.5 Å². The number of rotatable bonds is 0. The first-order valence-corrected chi connectivity index (χ1v) is 9.11. The summed E-state index contributed by atoms with van der Waals surface area (Å²) >= 11 is 0. The molecule has 0 amide bonds. The van der Waals surface area contributed by atoms with Gasteiger partial charge in [-0.2, -0.15) is 0 Å². The van der Waals surface area contributed by atoms with Crippen molar-refractivity contribution in [3.63, 3.8) is 0 Å². The maximum Gasteiger partial charge on any atom is 0.291 e. The fourth-order valence-electron chi connectivity index (χ4n) is 3.99. The quantitative estimate of drug-likeness (QED) is 0.377. The third-order valence-corrected chi connectivity index (χ3v) is 5.35. The van der Waals surface area contributed by atoms with Crippen LogP contribution in [0.5, 0.6) is 11.5 Å². The summed E-state index contributed by atoms with van der Waals surface area (Å²) in [6.07, 6.45) is 8.19. The van der Waals surface area contributed by atoms with E-state index in [1.54, 1.807) is 0 Å². The van der Waals surface area contributed by atoms with Crippen molar-refractivity contribution in [2.45, 2.75) is 5.79 Å². The van der Waals surface area contributed by atoms with Crippen LogP contribution >= 0.6 is 0 Å². The van der Waals surface area contributed by atoms with Gasteiger partial charge in [0.1, 0.15) is 11.5 Å². The highest BCUT2D eigenvalue weighted by Gasteiger charge is 2.36. The zero-order valence-corrected chi connectivity index (χ0v) is 14.6. The third-order valence-electron chi connectivity index (χ3n) is 5.35. The summed E-state index contributed by atoms with van der Waals surface area (Å²) in [6, 6.07) is 25.0. The molecule has 0 aliphatic carbocycles. The summed E-state index contributed by atoms with van der Waals surface area (Å²) in [6.45, 7) is 0. The Morgan fingerprint density at radius 1 is 0.593 bits per heavy atom. The monoisotopic (exact) mass is 348 g/mol. The van der Waals surface area contributed by atoms with Crippen molar-refractivity contribution in [1.82, 2.24) is 0 Å². The van der Waals surface area contributed by atoms with Crippen molar-refractivity contribution < 1.29 is 9.47 Å². The minimum atomic E-state index is -0.910. The molecule has 6 rings (SSSR count). The molecule has 0 aromatic heterocycles. The maximum absolute atomic E-state index is 6.45. The Bertz CT molecular complexity index is 1280. The van der Waals surface area contributed by atoms with Gasteiger partial charge in [-0.3, -0.25) is 0 Å². The van der Waals surface area contributed by atoms with E-state index in [2.05, 4.69) is 66.7 Å². The SMILES string of the molecule is C1=CC2(C=Cc3c(ccc4ccccc34)O2)Oc2c1ccc1ccccc21. The molecule has 2 nitrogen and oxygen atoms in total. The first-order valence-electron chi connectivity index (χ1n) is 9.11. The molecular formula is C25H16O2. The van der Waals surface area contributed by atoms with Gasteiger partial charge < -0.3 is 9.47 Å². The second kappa shape index (κ2) is 5.24. The summed E-state index contributed by atoms with van der Waals surface area (Å²) in [4.78, 5) is 0. The van der Waals surface area contributed by atoms with E-state index in [0.29, 0.717) is 0 Å². The van der Waals surface area contributed by atoms with E-state index in [0.717, 1.165) is 33.4 Å². The van der Waals surface area contributed by atoms with E-state index in [-0.39, 0.29) is 0 Å². The molecule has 27 heavy (non-hydrogen) atoms. The number of ether oxygens (including phenoxy) is 2. The lowest BCUT2D eigenvalue weighted by molar-refractivity contribution is -0.0294. The number of hydrogen-bond acceptors (Lipinski definition) is 2. The van der Waals surface area contributed by atoms with Crippen molar-refractivity contribution in [2.75, 3.05) is 0 Å². The van der Waals surface area contributed by atoms with Gasteiger partial charge in [-0.05, 0) is 34.4 Å². The van der Waals surface area contributed by atoms with Crippen LogP contribution in [0.2, 0.25) is 0 Å². The van der Waals surface area contributed by atoms with Crippen molar-refractivity contribution in [2.24, 2.45) is 0 Å². The van der Waals surface area contributed by atoms with Gasteiger partial charge in [0.15, 0.2) is 0 Å². The lowest BCUT2D eigenvalue weighted by Crippen LogP contribution is -2.41. The van der Waals surface area contributed by atoms with Gasteiger partial charge in [0.05, 0.1) is 0 Å². The molecule has 2 heteroatoms. The van der Waals surface area contributed by atoms with Crippen molar-refractivity contribution in [3.05, 3.63) is 96.1 Å². The molecule has 1 spiro atoms. The molecule has 1 atom stereocenters. The molecule has 4 aromatic rings. The van der Waals surface area contributed by atoms with E-state index >= 15 is 0 Å². The van der Waals surface area contributed by atoms with Gasteiger partial charge >= 0.3 is 0 Å². The van der Waals surface area contributed by atoms with Gasteiger partial charge in [-0.25, -0.2) is 0 Å². The van der Waals surface area contributed by atoms with Crippen LogP contribution in [0.15, 0.2) is 84.9 Å². The van der Waals surface area contributed by atoms with E-state index in [1.165, 1.54) is 10.8 Å². The summed E-state index contributed by atoms with van der Waals surface area (Å²) < 4.78 is 12.8. The van der Waals surface area contributed by atoms with Gasteiger partial charge in [-0.15, -0.1) is 0 Å². The smallest absolute Gasteiger partial charge is 0.291 e. The Kier molecular flexibility index (Phi) is 2.84. The molecule has 4 aromatic carbocycles. The average molecular weight is 348 g/mol. The Morgan fingerprint density at radius 2 is 1.30 bits per heavy atom. The molecule has 2 heterocycles. The fourth-order valence-corrected chi connectivity index (χ4v) is 3.99. The standard InChI is InChI=1S/C25H16O2/c1-3-7-20-17(5-1)11-12-23-22(20)14-16-25(26-23)15-13-19-10-9-18-6-2-4-8-21(18)24(19)27-25/h1-16H. The van der Waals surface area contributed by atoms with Gasteiger partial charge in [0, 0.05) is 28.7 Å². The van der Waals surface area contributed by atoms with Crippen LogP contribution in [0.3, 0.4) is 0 Å². The molecule has 1 unspecified atom stereocenters. The molecular weight excluding hydrogens is 332 g/mol. The molecule has 128 valence electrons. The van der Waals surface area contributed by atoms with Crippen LogP contribution in [0.1, 0.15) is 11.1 Å². The number of fused-ring (bicyclic) bond motifs is 6. The van der Waals surface area contributed by atoms with E-state index in [4.69, 9.17) is 9.47 Å². The Morgan fingerprint density at radius 3 is 2.19 bits per heavy atom. The maximum atomic E-state index is 6.45. The molecule has 0 saturated heterocycles. The third kappa shape index (κ3) is 2.13. The van der Waals surface area contributed by atoms with Crippen molar-refractivity contribution in [1.29, 1.82) is 0 Å². The van der Waals surface area contributed by atoms with Gasteiger partial charge in [0.2, 0.25) is 0 Å². The second-order valence-corrected chi connectivity index (χ2v) is 7.00. The van der Waals surface area contributed by atoms with E-state index < -0.39 is 5.79 Å². The van der Waals surface area contributed by atoms with Crippen molar-refractivity contribution >= 4 is 33.7 Å². The summed E-state index contributed by atoms with van der Waals surface area (Å²) in [5.41, 5.74) is 2.17. The summed E-state index contributed by atoms with van der Waals surface area (Å²) in [5, 5.41) is 4.65. The predicted octanol–water partition coefficient (Wildman–Crippen LogP) is 6.20. The zero-order valence-electron chi connectivity index (χ0n) is 14.6. The van der Waals surface area contributed by atoms with Crippen LogP contribution < -0.4 is 9.47 Å². The molecule has 0 radical (unpaired) electrons. The van der Waals surface area contributed by atoms with Crippen LogP contribution in [0.4, 0.5) is 0 Å². The highest BCUT2D eigenvalue weighted by molar-refractivity contribution is 5.95. The Labute approximate surface area is 157 Å². The van der Waals surface area contributed by atoms with Gasteiger partial charge in [-0.1, -0.05) is 66.7 Å². The first kappa shape index (κ1) is 14.6. The minimum Gasteiger partial charge on any atom is -0.445 e. The van der Waals surface area contributed by atoms with Gasteiger partial charge in [0.25, 0.3) is 5.79 Å². The van der Waals surface area contributed by atoms with E-state index in [1.807, 2.05) is 30.4 Å². The number of benzene rings is 4. The lowest BCUT2D eigenvalue weighted by Gasteiger charge is -2.36. The highest BCUT2D eigenvalue weighted by Crippen LogP contribution is 2.42. The largest absolute Gasteiger partial charge is 0.445 e. The fraction of sp³-hybridized carbons (Fsp3) is 0.0400. The molecule has 0 fully saturated rings. The second-order valence-electron chi connectivity index (χ2n) is 7.00. The Balaban J connectivity index is 1.49. The normalized spacial score (nSPS) is 19.6. The molecule has 2 aliphatic heterocycles.